The van der Waals surface area contributed by atoms with Crippen LogP contribution in [0, 0.1) is 0 Å². The second-order valence-electron chi connectivity index (χ2n) is 6.20. The molecule has 1 aromatic heterocycles. The molecule has 1 fully saturated rings. The fourth-order valence-corrected chi connectivity index (χ4v) is 2.84. The lowest BCUT2D eigenvalue weighted by Crippen LogP contribution is -2.38. The number of hydrogen-bond acceptors (Lipinski definition) is 5. The number of carbonyl (C=O) groups is 1. The van der Waals surface area contributed by atoms with Crippen LogP contribution in [0.4, 0.5) is 16.4 Å². The van der Waals surface area contributed by atoms with Gasteiger partial charge >= 0.3 is 6.03 Å². The van der Waals surface area contributed by atoms with Gasteiger partial charge < -0.3 is 20.3 Å². The van der Waals surface area contributed by atoms with Crippen molar-refractivity contribution in [2.45, 2.75) is 25.0 Å². The van der Waals surface area contributed by atoms with E-state index in [0.29, 0.717) is 11.6 Å². The van der Waals surface area contributed by atoms with Gasteiger partial charge in [-0.05, 0) is 18.4 Å². The summed E-state index contributed by atoms with van der Waals surface area (Å²) in [4.78, 5) is 22.6. The highest BCUT2D eigenvalue weighted by molar-refractivity contribution is 5.89. The van der Waals surface area contributed by atoms with Crippen molar-refractivity contribution in [1.29, 1.82) is 0 Å². The zero-order chi connectivity index (χ0) is 17.6. The summed E-state index contributed by atoms with van der Waals surface area (Å²) in [6.45, 7) is 0.733. The van der Waals surface area contributed by atoms with Crippen molar-refractivity contribution >= 4 is 17.7 Å². The van der Waals surface area contributed by atoms with Crippen molar-refractivity contribution in [1.82, 2.24) is 15.3 Å². The van der Waals surface area contributed by atoms with Crippen molar-refractivity contribution < 1.29 is 9.53 Å². The molecule has 0 aliphatic carbocycles. The molecule has 0 bridgehead atoms. The Bertz CT molecular complexity index is 684. The molecule has 1 aromatic carbocycles. The summed E-state index contributed by atoms with van der Waals surface area (Å²) in [6.07, 6.45) is 5.11. The third-order valence-corrected chi connectivity index (χ3v) is 4.08. The highest BCUT2D eigenvalue weighted by Crippen LogP contribution is 2.27. The maximum absolute atomic E-state index is 12.4. The van der Waals surface area contributed by atoms with Crippen LogP contribution in [0.5, 0.6) is 0 Å². The second-order valence-corrected chi connectivity index (χ2v) is 6.20. The van der Waals surface area contributed by atoms with Crippen molar-refractivity contribution in [3.05, 3.63) is 48.3 Å². The molecular weight excluding hydrogens is 318 g/mol. The van der Waals surface area contributed by atoms with Crippen LogP contribution < -0.4 is 15.5 Å². The van der Waals surface area contributed by atoms with Gasteiger partial charge in [0.1, 0.15) is 0 Å². The molecule has 0 saturated carbocycles. The molecule has 0 radical (unpaired) electrons. The fraction of sp³-hybridized carbons (Fsp3) is 0.389. The van der Waals surface area contributed by atoms with E-state index in [-0.39, 0.29) is 18.2 Å². The van der Waals surface area contributed by atoms with E-state index in [1.807, 2.05) is 44.4 Å². The van der Waals surface area contributed by atoms with Crippen LogP contribution in [0.2, 0.25) is 0 Å². The summed E-state index contributed by atoms with van der Waals surface area (Å²) in [5, 5.41) is 5.80. The van der Waals surface area contributed by atoms with Crippen molar-refractivity contribution in [2.24, 2.45) is 0 Å². The Morgan fingerprint density at radius 1 is 1.24 bits per heavy atom. The lowest BCUT2D eigenvalue weighted by atomic mass is 9.99. The summed E-state index contributed by atoms with van der Waals surface area (Å²) in [5.41, 5.74) is 1.58. The summed E-state index contributed by atoms with van der Waals surface area (Å²) >= 11 is 0. The molecule has 3 rings (SSSR count). The molecule has 1 saturated heterocycles. The predicted octanol–water partition coefficient (Wildman–Crippen LogP) is 2.58. The average molecular weight is 341 g/mol. The SMILES string of the molecule is CN(C)c1ncc(NC(=O)N[C@H](c2ccccc2)[C@@H]2CCCO2)cn1. The molecule has 2 amide bonds. The quantitative estimate of drug-likeness (QED) is 0.874. The standard InChI is InChI=1S/C18H23N5O2/c1-23(2)17-19-11-14(12-20-17)21-18(24)22-16(15-9-6-10-25-15)13-7-4-3-5-8-13/h3-5,7-8,11-12,15-16H,6,9-10H2,1-2H3,(H2,21,22,24)/t15-,16+/m0/s1. The summed E-state index contributed by atoms with van der Waals surface area (Å²) < 4.78 is 5.79. The molecular formula is C18H23N5O2. The number of amides is 2. The summed E-state index contributed by atoms with van der Waals surface area (Å²) in [6, 6.07) is 9.40. The van der Waals surface area contributed by atoms with E-state index < -0.39 is 0 Å². The number of urea groups is 1. The number of hydrogen-bond donors (Lipinski definition) is 2. The smallest absolute Gasteiger partial charge is 0.319 e. The Kier molecular flexibility index (Phi) is 5.45. The van der Waals surface area contributed by atoms with E-state index in [4.69, 9.17) is 4.74 Å². The minimum absolute atomic E-state index is 0.0134. The van der Waals surface area contributed by atoms with Gasteiger partial charge in [-0.3, -0.25) is 0 Å². The van der Waals surface area contributed by atoms with Crippen LogP contribution in [-0.4, -0.2) is 42.8 Å². The molecule has 2 heterocycles. The first-order valence-electron chi connectivity index (χ1n) is 8.37. The normalized spacial score (nSPS) is 17.8. The number of anilines is 2. The van der Waals surface area contributed by atoms with E-state index in [0.717, 1.165) is 25.0 Å². The van der Waals surface area contributed by atoms with E-state index >= 15 is 0 Å². The molecule has 7 nitrogen and oxygen atoms in total. The van der Waals surface area contributed by atoms with Gasteiger partial charge in [-0.15, -0.1) is 0 Å². The van der Waals surface area contributed by atoms with Crippen LogP contribution in [-0.2, 0) is 4.74 Å². The first-order valence-corrected chi connectivity index (χ1v) is 8.37. The molecule has 25 heavy (non-hydrogen) atoms. The lowest BCUT2D eigenvalue weighted by Gasteiger charge is -2.24. The van der Waals surface area contributed by atoms with Crippen LogP contribution in [0.1, 0.15) is 24.4 Å². The van der Waals surface area contributed by atoms with Crippen LogP contribution in [0.15, 0.2) is 42.7 Å². The van der Waals surface area contributed by atoms with Crippen molar-refractivity contribution in [3.8, 4) is 0 Å². The number of carbonyl (C=O) groups excluding carboxylic acids is 1. The Balaban J connectivity index is 1.67. The minimum Gasteiger partial charge on any atom is -0.376 e. The van der Waals surface area contributed by atoms with Crippen LogP contribution in [0.3, 0.4) is 0 Å². The van der Waals surface area contributed by atoms with Gasteiger partial charge in [-0.2, -0.15) is 0 Å². The Hall–Kier alpha value is -2.67. The maximum atomic E-state index is 12.4. The largest absolute Gasteiger partial charge is 0.376 e. The Labute approximate surface area is 147 Å². The number of benzene rings is 1. The topological polar surface area (TPSA) is 79.4 Å². The number of nitrogens with zero attached hydrogens (tertiary/aromatic N) is 3. The number of nitrogens with one attached hydrogen (secondary N) is 2. The first-order chi connectivity index (χ1) is 12.1. The van der Waals surface area contributed by atoms with Gasteiger partial charge in [0.05, 0.1) is 30.2 Å². The Morgan fingerprint density at radius 3 is 2.56 bits per heavy atom. The highest BCUT2D eigenvalue weighted by atomic mass is 16.5. The van der Waals surface area contributed by atoms with Gasteiger partial charge in [-0.25, -0.2) is 14.8 Å². The van der Waals surface area contributed by atoms with Crippen molar-refractivity contribution in [2.75, 3.05) is 30.9 Å². The van der Waals surface area contributed by atoms with E-state index in [2.05, 4.69) is 20.6 Å². The predicted molar refractivity (Wildman–Crippen MR) is 96.7 cm³/mol. The van der Waals surface area contributed by atoms with Gasteiger partial charge in [0.2, 0.25) is 5.95 Å². The zero-order valence-electron chi connectivity index (χ0n) is 14.5. The molecule has 2 aromatic rings. The third kappa shape index (κ3) is 4.45. The molecule has 1 aliphatic heterocycles. The molecule has 2 atom stereocenters. The molecule has 0 unspecified atom stereocenters. The van der Waals surface area contributed by atoms with Gasteiger partial charge in [0.25, 0.3) is 0 Å². The van der Waals surface area contributed by atoms with Crippen LogP contribution in [0.25, 0.3) is 0 Å². The van der Waals surface area contributed by atoms with E-state index in [1.165, 1.54) is 0 Å². The minimum atomic E-state index is -0.300. The third-order valence-electron chi connectivity index (χ3n) is 4.08. The molecule has 0 spiro atoms. The molecule has 2 N–H and O–H groups in total. The average Bonchev–Trinajstić information content (AvgIpc) is 3.15. The van der Waals surface area contributed by atoms with E-state index in [9.17, 15) is 4.79 Å². The maximum Gasteiger partial charge on any atom is 0.319 e. The molecule has 132 valence electrons. The first kappa shape index (κ1) is 17.2. The lowest BCUT2D eigenvalue weighted by molar-refractivity contribution is 0.0815. The number of aromatic nitrogens is 2. The van der Waals surface area contributed by atoms with Gasteiger partial charge in [-0.1, -0.05) is 30.3 Å². The molecule has 1 aliphatic rings. The summed E-state index contributed by atoms with van der Waals surface area (Å²) in [5.74, 6) is 0.590. The van der Waals surface area contributed by atoms with Gasteiger partial charge in [0.15, 0.2) is 0 Å². The molecule has 7 heteroatoms. The van der Waals surface area contributed by atoms with Crippen molar-refractivity contribution in [3.63, 3.8) is 0 Å². The van der Waals surface area contributed by atoms with Gasteiger partial charge in [0, 0.05) is 20.7 Å². The number of ether oxygens (including phenoxy) is 1. The number of rotatable bonds is 5. The highest BCUT2D eigenvalue weighted by Gasteiger charge is 2.28. The Morgan fingerprint density at radius 2 is 1.96 bits per heavy atom. The van der Waals surface area contributed by atoms with E-state index in [1.54, 1.807) is 17.3 Å². The second kappa shape index (κ2) is 7.94. The van der Waals surface area contributed by atoms with Crippen LogP contribution >= 0.6 is 0 Å². The zero-order valence-corrected chi connectivity index (χ0v) is 14.5. The monoisotopic (exact) mass is 341 g/mol. The fourth-order valence-electron chi connectivity index (χ4n) is 2.84. The summed E-state index contributed by atoms with van der Waals surface area (Å²) in [7, 11) is 3.72.